The van der Waals surface area contributed by atoms with E-state index in [0.29, 0.717) is 37.6 Å². The fraction of sp³-hybridized carbons (Fsp3) is 0.467. The quantitative estimate of drug-likeness (QED) is 0.772. The molecule has 0 bridgehead atoms. The maximum Gasteiger partial charge on any atom is 0.226 e. The molecule has 5 heteroatoms. The van der Waals surface area contributed by atoms with Crippen molar-refractivity contribution in [3.05, 3.63) is 24.3 Å². The van der Waals surface area contributed by atoms with Gasteiger partial charge in [0.25, 0.3) is 0 Å². The van der Waals surface area contributed by atoms with E-state index in [9.17, 15) is 4.79 Å². The zero-order valence-electron chi connectivity index (χ0n) is 12.0. The number of nitrogen functional groups attached to an aromatic ring is 1. The lowest BCUT2D eigenvalue weighted by molar-refractivity contribution is -0.131. The van der Waals surface area contributed by atoms with Crippen molar-refractivity contribution in [2.75, 3.05) is 25.4 Å². The van der Waals surface area contributed by atoms with Crippen LogP contribution in [0.3, 0.4) is 0 Å². The first-order valence-electron chi connectivity index (χ1n) is 6.72. The van der Waals surface area contributed by atoms with Gasteiger partial charge in [0, 0.05) is 18.8 Å². The van der Waals surface area contributed by atoms with Crippen molar-refractivity contribution in [1.82, 2.24) is 4.90 Å². The van der Waals surface area contributed by atoms with Gasteiger partial charge in [0.15, 0.2) is 0 Å². The van der Waals surface area contributed by atoms with Crippen molar-refractivity contribution >= 4 is 11.6 Å². The molecule has 0 fully saturated rings. The summed E-state index contributed by atoms with van der Waals surface area (Å²) in [4.78, 5) is 13.7. The number of anilines is 1. The van der Waals surface area contributed by atoms with Crippen LogP contribution in [-0.2, 0) is 4.79 Å². The Hall–Kier alpha value is -2.22. The van der Waals surface area contributed by atoms with Gasteiger partial charge in [-0.3, -0.25) is 4.79 Å². The molecular weight excluding hydrogens is 254 g/mol. The Balaban J connectivity index is 2.38. The molecule has 0 aromatic heterocycles. The highest BCUT2D eigenvalue weighted by atomic mass is 16.5. The van der Waals surface area contributed by atoms with Crippen LogP contribution in [0.1, 0.15) is 20.3 Å². The maximum absolute atomic E-state index is 12.0. The van der Waals surface area contributed by atoms with Crippen LogP contribution in [0.25, 0.3) is 0 Å². The molecule has 5 nitrogen and oxygen atoms in total. The van der Waals surface area contributed by atoms with Gasteiger partial charge >= 0.3 is 0 Å². The standard InChI is InChI=1S/C15H21N3O2/c1-3-18(11-12(2)10-16)15(19)8-9-20-14-6-4-13(17)5-7-14/h4-7,12H,3,8-9,11,17H2,1-2H3. The first kappa shape index (κ1) is 15.8. The van der Waals surface area contributed by atoms with Crippen LogP contribution in [0.5, 0.6) is 5.75 Å². The van der Waals surface area contributed by atoms with E-state index in [1.807, 2.05) is 6.92 Å². The normalized spacial score (nSPS) is 11.4. The van der Waals surface area contributed by atoms with E-state index in [4.69, 9.17) is 15.7 Å². The molecule has 0 radical (unpaired) electrons. The fourth-order valence-corrected chi connectivity index (χ4v) is 1.76. The molecule has 1 unspecified atom stereocenters. The average Bonchev–Trinajstić information content (AvgIpc) is 2.46. The summed E-state index contributed by atoms with van der Waals surface area (Å²) < 4.78 is 5.49. The van der Waals surface area contributed by atoms with Gasteiger partial charge < -0.3 is 15.4 Å². The second kappa shape index (κ2) is 8.05. The molecule has 0 aliphatic rings. The summed E-state index contributed by atoms with van der Waals surface area (Å²) in [6.07, 6.45) is 0.302. The molecule has 2 N–H and O–H groups in total. The first-order chi connectivity index (χ1) is 9.56. The van der Waals surface area contributed by atoms with Crippen molar-refractivity contribution < 1.29 is 9.53 Å². The Bertz CT molecular complexity index is 465. The fourth-order valence-electron chi connectivity index (χ4n) is 1.76. The number of ether oxygens (including phenoxy) is 1. The Morgan fingerprint density at radius 1 is 1.45 bits per heavy atom. The molecule has 0 saturated carbocycles. The highest BCUT2D eigenvalue weighted by molar-refractivity contribution is 5.76. The van der Waals surface area contributed by atoms with E-state index >= 15 is 0 Å². The number of nitrogens with two attached hydrogens (primary N) is 1. The van der Waals surface area contributed by atoms with Crippen LogP contribution in [0.15, 0.2) is 24.3 Å². The van der Waals surface area contributed by atoms with E-state index in [2.05, 4.69) is 6.07 Å². The van der Waals surface area contributed by atoms with E-state index in [1.165, 1.54) is 0 Å². The Labute approximate surface area is 119 Å². The van der Waals surface area contributed by atoms with E-state index in [-0.39, 0.29) is 11.8 Å². The lowest BCUT2D eigenvalue weighted by Gasteiger charge is -2.22. The maximum atomic E-state index is 12.0. The lowest BCUT2D eigenvalue weighted by Crippen LogP contribution is -2.35. The van der Waals surface area contributed by atoms with Crippen LogP contribution >= 0.6 is 0 Å². The van der Waals surface area contributed by atoms with Gasteiger partial charge in [-0.15, -0.1) is 0 Å². The number of carbonyl (C=O) groups is 1. The molecule has 0 spiro atoms. The third-order valence-corrected chi connectivity index (χ3v) is 2.91. The molecule has 0 aliphatic heterocycles. The number of benzene rings is 1. The minimum Gasteiger partial charge on any atom is -0.493 e. The molecule has 20 heavy (non-hydrogen) atoms. The first-order valence-corrected chi connectivity index (χ1v) is 6.72. The monoisotopic (exact) mass is 275 g/mol. The van der Waals surface area contributed by atoms with Crippen molar-refractivity contribution in [2.24, 2.45) is 5.92 Å². The summed E-state index contributed by atoms with van der Waals surface area (Å²) in [6.45, 7) is 5.10. The molecule has 1 aromatic carbocycles. The van der Waals surface area contributed by atoms with E-state index in [1.54, 1.807) is 36.1 Å². The number of nitriles is 1. The largest absolute Gasteiger partial charge is 0.493 e. The Kier molecular flexibility index (Phi) is 6.38. The van der Waals surface area contributed by atoms with Gasteiger partial charge in [-0.25, -0.2) is 0 Å². The number of amides is 1. The summed E-state index contributed by atoms with van der Waals surface area (Å²) >= 11 is 0. The molecule has 0 saturated heterocycles. The number of nitrogens with zero attached hydrogens (tertiary/aromatic N) is 2. The zero-order valence-corrected chi connectivity index (χ0v) is 12.0. The SMILES string of the molecule is CCN(CC(C)C#N)C(=O)CCOc1ccc(N)cc1. The molecule has 1 aromatic rings. The summed E-state index contributed by atoms with van der Waals surface area (Å²) in [6, 6.07) is 9.19. The third kappa shape index (κ3) is 5.19. The summed E-state index contributed by atoms with van der Waals surface area (Å²) in [5.41, 5.74) is 6.26. The molecule has 0 aliphatic carbocycles. The van der Waals surface area contributed by atoms with Gasteiger partial charge in [0.05, 0.1) is 25.0 Å². The smallest absolute Gasteiger partial charge is 0.226 e. The molecule has 1 atom stereocenters. The van der Waals surface area contributed by atoms with Crippen molar-refractivity contribution in [2.45, 2.75) is 20.3 Å². The summed E-state index contributed by atoms with van der Waals surface area (Å²) in [5.74, 6) is 0.544. The summed E-state index contributed by atoms with van der Waals surface area (Å²) in [5, 5.41) is 8.79. The van der Waals surface area contributed by atoms with E-state index in [0.717, 1.165) is 0 Å². The van der Waals surface area contributed by atoms with Gasteiger partial charge in [0.2, 0.25) is 5.91 Å². The number of carbonyl (C=O) groups excluding carboxylic acids is 1. The van der Waals surface area contributed by atoms with Gasteiger partial charge in [-0.1, -0.05) is 0 Å². The molecule has 0 heterocycles. The number of rotatable bonds is 7. The van der Waals surface area contributed by atoms with Crippen LogP contribution < -0.4 is 10.5 Å². The summed E-state index contributed by atoms with van der Waals surface area (Å²) in [7, 11) is 0. The van der Waals surface area contributed by atoms with Crippen LogP contribution in [0.2, 0.25) is 0 Å². The van der Waals surface area contributed by atoms with E-state index < -0.39 is 0 Å². The molecule has 1 rings (SSSR count). The predicted octanol–water partition coefficient (Wildman–Crippen LogP) is 2.05. The van der Waals surface area contributed by atoms with Gasteiger partial charge in [-0.05, 0) is 38.1 Å². The molecular formula is C15H21N3O2. The van der Waals surface area contributed by atoms with Crippen LogP contribution in [0, 0.1) is 17.2 Å². The van der Waals surface area contributed by atoms with Gasteiger partial charge in [0.1, 0.15) is 5.75 Å². The van der Waals surface area contributed by atoms with Crippen LogP contribution in [0.4, 0.5) is 5.69 Å². The van der Waals surface area contributed by atoms with Crippen LogP contribution in [-0.4, -0.2) is 30.5 Å². The highest BCUT2D eigenvalue weighted by Crippen LogP contribution is 2.13. The minimum absolute atomic E-state index is 0.00467. The van der Waals surface area contributed by atoms with Crippen molar-refractivity contribution in [3.63, 3.8) is 0 Å². The van der Waals surface area contributed by atoms with Crippen molar-refractivity contribution in [1.29, 1.82) is 5.26 Å². The minimum atomic E-state index is -0.156. The molecule has 1 amide bonds. The number of hydrogen-bond acceptors (Lipinski definition) is 4. The highest BCUT2D eigenvalue weighted by Gasteiger charge is 2.14. The average molecular weight is 275 g/mol. The zero-order chi connectivity index (χ0) is 15.0. The second-order valence-corrected chi connectivity index (χ2v) is 4.63. The molecule has 108 valence electrons. The van der Waals surface area contributed by atoms with Gasteiger partial charge in [-0.2, -0.15) is 5.26 Å². The predicted molar refractivity (Wildman–Crippen MR) is 78.0 cm³/mol. The third-order valence-electron chi connectivity index (χ3n) is 2.91. The Morgan fingerprint density at radius 2 is 2.10 bits per heavy atom. The second-order valence-electron chi connectivity index (χ2n) is 4.63. The Morgan fingerprint density at radius 3 is 2.65 bits per heavy atom. The lowest BCUT2D eigenvalue weighted by atomic mass is 10.2. The topological polar surface area (TPSA) is 79.3 Å². The van der Waals surface area contributed by atoms with Crippen molar-refractivity contribution in [3.8, 4) is 11.8 Å². The number of hydrogen-bond donors (Lipinski definition) is 1.